The van der Waals surface area contributed by atoms with Gasteiger partial charge in [-0.15, -0.1) is 0 Å². The number of hydrogen-bond acceptors (Lipinski definition) is 5. The van der Waals surface area contributed by atoms with Gasteiger partial charge in [-0.2, -0.15) is 4.31 Å². The second kappa shape index (κ2) is 8.81. The largest absolute Gasteiger partial charge is 0.360 e. The number of rotatable bonds is 5. The molecule has 1 atom stereocenters. The van der Waals surface area contributed by atoms with Crippen LogP contribution in [0.3, 0.4) is 0 Å². The van der Waals surface area contributed by atoms with Crippen molar-refractivity contribution in [3.63, 3.8) is 0 Å². The highest BCUT2D eigenvalue weighted by atomic mass is 32.2. The summed E-state index contributed by atoms with van der Waals surface area (Å²) in [4.78, 5) is 23.8. The van der Waals surface area contributed by atoms with E-state index in [0.29, 0.717) is 18.6 Å². The molecule has 150 valence electrons. The third-order valence-corrected chi connectivity index (χ3v) is 6.18. The van der Waals surface area contributed by atoms with Crippen LogP contribution in [0.1, 0.15) is 31.4 Å². The fourth-order valence-electron chi connectivity index (χ4n) is 2.80. The maximum absolute atomic E-state index is 13.1. The number of nitrogens with zero attached hydrogens (tertiary/aromatic N) is 1. The van der Waals surface area contributed by atoms with E-state index in [4.69, 9.17) is 4.74 Å². The first kappa shape index (κ1) is 21.3. The molecule has 1 heterocycles. The van der Waals surface area contributed by atoms with Gasteiger partial charge in [-0.05, 0) is 51.3 Å². The first-order valence-corrected chi connectivity index (χ1v) is 10.4. The molecule has 0 aliphatic carbocycles. The molecule has 0 radical (unpaired) electrons. The van der Waals surface area contributed by atoms with Crippen LogP contribution in [0.25, 0.3) is 0 Å². The van der Waals surface area contributed by atoms with E-state index in [1.54, 1.807) is 32.9 Å². The molecular weight excluding hydrogens is 370 g/mol. The Bertz CT molecular complexity index is 807. The van der Waals surface area contributed by atoms with Gasteiger partial charge in [0.2, 0.25) is 10.0 Å². The Balaban J connectivity index is 2.16. The number of benzene rings is 1. The summed E-state index contributed by atoms with van der Waals surface area (Å²) in [6.07, 6.45) is -0.304. The Morgan fingerprint density at radius 2 is 1.96 bits per heavy atom. The summed E-state index contributed by atoms with van der Waals surface area (Å²) >= 11 is 0. The molecule has 9 heteroatoms. The molecule has 1 aromatic rings. The van der Waals surface area contributed by atoms with E-state index >= 15 is 0 Å². The molecule has 1 saturated heterocycles. The molecule has 0 spiro atoms. The summed E-state index contributed by atoms with van der Waals surface area (Å²) in [5, 5.41) is 4.94. The Labute approximate surface area is 160 Å². The number of ether oxygens (including phenoxy) is 1. The Kier molecular flexibility index (Phi) is 6.96. The molecule has 1 fully saturated rings. The average Bonchev–Trinajstić information content (AvgIpc) is 2.61. The monoisotopic (exact) mass is 397 g/mol. The Morgan fingerprint density at radius 1 is 1.26 bits per heavy atom. The van der Waals surface area contributed by atoms with Crippen LogP contribution in [0, 0.1) is 13.8 Å². The minimum absolute atomic E-state index is 0.103. The predicted molar refractivity (Wildman–Crippen MR) is 100 cm³/mol. The SMILES string of the molecule is Cc1ccc(C)c(S(=O)(=O)N2CCCO[C@H]2CNC(=O)C(=O)NC(C)C)c1. The molecule has 2 amide bonds. The lowest BCUT2D eigenvalue weighted by Crippen LogP contribution is -2.53. The predicted octanol–water partition coefficient (Wildman–Crippen LogP) is 0.681. The van der Waals surface area contributed by atoms with Gasteiger partial charge in [-0.25, -0.2) is 8.42 Å². The summed E-state index contributed by atoms with van der Waals surface area (Å²) < 4.78 is 33.1. The fourth-order valence-corrected chi connectivity index (χ4v) is 4.68. The number of hydrogen-bond donors (Lipinski definition) is 2. The van der Waals surface area contributed by atoms with Gasteiger partial charge < -0.3 is 15.4 Å². The fraction of sp³-hybridized carbons (Fsp3) is 0.556. The van der Waals surface area contributed by atoms with Crippen molar-refractivity contribution in [1.82, 2.24) is 14.9 Å². The molecule has 0 bridgehead atoms. The van der Waals surface area contributed by atoms with Crippen molar-refractivity contribution in [2.24, 2.45) is 0 Å². The molecule has 0 aromatic heterocycles. The van der Waals surface area contributed by atoms with E-state index in [0.717, 1.165) is 5.56 Å². The smallest absolute Gasteiger partial charge is 0.309 e. The van der Waals surface area contributed by atoms with Crippen molar-refractivity contribution >= 4 is 21.8 Å². The van der Waals surface area contributed by atoms with Crippen molar-refractivity contribution in [3.8, 4) is 0 Å². The second-order valence-corrected chi connectivity index (χ2v) is 8.76. The van der Waals surface area contributed by atoms with Crippen LogP contribution in [0.4, 0.5) is 0 Å². The lowest BCUT2D eigenvalue weighted by atomic mass is 10.2. The molecule has 0 saturated carbocycles. The van der Waals surface area contributed by atoms with E-state index in [2.05, 4.69) is 10.6 Å². The van der Waals surface area contributed by atoms with E-state index in [1.165, 1.54) is 4.31 Å². The number of nitrogens with one attached hydrogen (secondary N) is 2. The quantitative estimate of drug-likeness (QED) is 0.711. The van der Waals surface area contributed by atoms with Crippen LogP contribution in [0.15, 0.2) is 23.1 Å². The highest BCUT2D eigenvalue weighted by Gasteiger charge is 2.35. The molecule has 2 N–H and O–H groups in total. The van der Waals surface area contributed by atoms with Gasteiger partial charge >= 0.3 is 11.8 Å². The molecule has 2 rings (SSSR count). The third-order valence-electron chi connectivity index (χ3n) is 4.15. The van der Waals surface area contributed by atoms with Crippen LogP contribution in [-0.2, 0) is 24.3 Å². The number of sulfonamides is 1. The minimum Gasteiger partial charge on any atom is -0.360 e. The van der Waals surface area contributed by atoms with Gasteiger partial charge in [-0.1, -0.05) is 12.1 Å². The van der Waals surface area contributed by atoms with Gasteiger partial charge in [0.25, 0.3) is 0 Å². The van der Waals surface area contributed by atoms with Gasteiger partial charge in [0.1, 0.15) is 6.23 Å². The van der Waals surface area contributed by atoms with Crippen LogP contribution >= 0.6 is 0 Å². The number of amides is 2. The molecule has 8 nitrogen and oxygen atoms in total. The lowest BCUT2D eigenvalue weighted by Gasteiger charge is -2.35. The van der Waals surface area contributed by atoms with Crippen LogP contribution in [-0.4, -0.2) is 56.5 Å². The van der Waals surface area contributed by atoms with Crippen LogP contribution in [0.2, 0.25) is 0 Å². The highest BCUT2D eigenvalue weighted by molar-refractivity contribution is 7.89. The summed E-state index contributed by atoms with van der Waals surface area (Å²) in [5.41, 5.74) is 1.48. The van der Waals surface area contributed by atoms with Gasteiger partial charge in [0.15, 0.2) is 0 Å². The van der Waals surface area contributed by atoms with Gasteiger partial charge in [-0.3, -0.25) is 9.59 Å². The number of carbonyl (C=O) groups excluding carboxylic acids is 2. The van der Waals surface area contributed by atoms with Crippen molar-refractivity contribution < 1.29 is 22.7 Å². The first-order chi connectivity index (χ1) is 12.6. The van der Waals surface area contributed by atoms with Crippen molar-refractivity contribution in [1.29, 1.82) is 0 Å². The van der Waals surface area contributed by atoms with E-state index in [9.17, 15) is 18.0 Å². The summed E-state index contributed by atoms with van der Waals surface area (Å²) in [7, 11) is -3.80. The number of aryl methyl sites for hydroxylation is 2. The highest BCUT2D eigenvalue weighted by Crippen LogP contribution is 2.25. The average molecular weight is 397 g/mol. The van der Waals surface area contributed by atoms with Gasteiger partial charge in [0.05, 0.1) is 18.0 Å². The molecule has 1 aromatic carbocycles. The molecule has 1 aliphatic rings. The van der Waals surface area contributed by atoms with Crippen molar-refractivity contribution in [3.05, 3.63) is 29.3 Å². The van der Waals surface area contributed by atoms with Gasteiger partial charge in [0, 0.05) is 12.6 Å². The van der Waals surface area contributed by atoms with Crippen molar-refractivity contribution in [2.75, 3.05) is 19.7 Å². The zero-order valence-corrected chi connectivity index (χ0v) is 16.9. The molecule has 27 heavy (non-hydrogen) atoms. The maximum atomic E-state index is 13.1. The molecule has 1 aliphatic heterocycles. The summed E-state index contributed by atoms with van der Waals surface area (Å²) in [5.74, 6) is -1.58. The van der Waals surface area contributed by atoms with Crippen LogP contribution < -0.4 is 10.6 Å². The Hall–Kier alpha value is -1.97. The Morgan fingerprint density at radius 3 is 2.63 bits per heavy atom. The van der Waals surface area contributed by atoms with E-state index < -0.39 is 28.1 Å². The molecule has 0 unspecified atom stereocenters. The summed E-state index contributed by atoms with van der Waals surface area (Å²) in [6.45, 7) is 7.63. The summed E-state index contributed by atoms with van der Waals surface area (Å²) in [6, 6.07) is 5.08. The minimum atomic E-state index is -3.80. The zero-order chi connectivity index (χ0) is 20.2. The lowest BCUT2D eigenvalue weighted by molar-refractivity contribution is -0.140. The number of carbonyl (C=O) groups is 2. The topological polar surface area (TPSA) is 105 Å². The first-order valence-electron chi connectivity index (χ1n) is 8.92. The zero-order valence-electron chi connectivity index (χ0n) is 16.1. The van der Waals surface area contributed by atoms with E-state index in [1.807, 2.05) is 13.0 Å². The van der Waals surface area contributed by atoms with Crippen molar-refractivity contribution in [2.45, 2.75) is 51.3 Å². The maximum Gasteiger partial charge on any atom is 0.309 e. The normalized spacial score (nSPS) is 18.3. The molecular formula is C18H27N3O5S. The third kappa shape index (κ3) is 5.27. The van der Waals surface area contributed by atoms with Crippen LogP contribution in [0.5, 0.6) is 0 Å². The van der Waals surface area contributed by atoms with E-state index in [-0.39, 0.29) is 24.0 Å². The second-order valence-electron chi connectivity index (χ2n) is 6.90. The standard InChI is InChI=1S/C18H27N3O5S/c1-12(2)20-18(23)17(22)19-11-16-21(8-5-9-26-16)27(24,25)15-10-13(3)6-7-14(15)4/h6-7,10,12,16H,5,8-9,11H2,1-4H3,(H,19,22)(H,20,23)/t16-/m0/s1.